The summed E-state index contributed by atoms with van der Waals surface area (Å²) in [6, 6.07) is 12.0. The van der Waals surface area contributed by atoms with E-state index in [4.69, 9.17) is 27.9 Å². The molecule has 1 aliphatic rings. The second-order valence-corrected chi connectivity index (χ2v) is 5.92. The molecular formula is C17H13Cl2NO3. The number of fused-ring (bicyclic) bond motifs is 1. The number of halogens is 2. The van der Waals surface area contributed by atoms with Crippen molar-refractivity contribution in [3.63, 3.8) is 0 Å². The number of Topliss-reactive ketones (excluding diaryl/α,β-unsaturated/α-hetero) is 1. The molecule has 0 aromatic heterocycles. The van der Waals surface area contributed by atoms with Gasteiger partial charge in [-0.05, 0) is 36.8 Å². The molecule has 2 aromatic rings. The van der Waals surface area contributed by atoms with Crippen molar-refractivity contribution in [2.24, 2.45) is 0 Å². The number of anilines is 1. The highest BCUT2D eigenvalue weighted by molar-refractivity contribution is 6.52. The number of rotatable bonds is 5. The van der Waals surface area contributed by atoms with Gasteiger partial charge in [-0.15, -0.1) is 0 Å². The lowest BCUT2D eigenvalue weighted by molar-refractivity contribution is -0.114. The molecule has 0 saturated heterocycles. The van der Waals surface area contributed by atoms with Crippen molar-refractivity contribution in [1.29, 1.82) is 0 Å². The largest absolute Gasteiger partial charge is 0.492 e. The van der Waals surface area contributed by atoms with Crippen LogP contribution in [-0.2, 0) is 4.79 Å². The quantitative estimate of drug-likeness (QED) is 0.605. The Labute approximate surface area is 143 Å². The molecular weight excluding hydrogens is 337 g/mol. The van der Waals surface area contributed by atoms with E-state index in [2.05, 4.69) is 0 Å². The third-order valence-electron chi connectivity index (χ3n) is 3.56. The second-order valence-electron chi connectivity index (χ2n) is 5.08. The summed E-state index contributed by atoms with van der Waals surface area (Å²) in [5, 5.41) is 0.982. The van der Waals surface area contributed by atoms with Gasteiger partial charge in [0.05, 0.1) is 22.9 Å². The van der Waals surface area contributed by atoms with Crippen LogP contribution in [-0.4, -0.2) is 24.8 Å². The molecule has 4 nitrogen and oxygen atoms in total. The van der Waals surface area contributed by atoms with Crippen LogP contribution in [0.15, 0.2) is 42.5 Å². The molecule has 2 aromatic carbocycles. The first kappa shape index (κ1) is 15.8. The van der Waals surface area contributed by atoms with Crippen molar-refractivity contribution in [3.05, 3.63) is 58.1 Å². The van der Waals surface area contributed by atoms with E-state index < -0.39 is 11.7 Å². The van der Waals surface area contributed by atoms with Crippen LogP contribution < -0.4 is 9.64 Å². The molecule has 0 bridgehead atoms. The van der Waals surface area contributed by atoms with Gasteiger partial charge in [-0.2, -0.15) is 0 Å². The highest BCUT2D eigenvalue weighted by atomic mass is 35.5. The summed E-state index contributed by atoms with van der Waals surface area (Å²) in [5.74, 6) is -0.404. The Hall–Kier alpha value is -2.04. The molecule has 0 N–H and O–H groups in total. The van der Waals surface area contributed by atoms with E-state index in [1.165, 1.54) is 4.90 Å². The molecule has 3 rings (SSSR count). The summed E-state index contributed by atoms with van der Waals surface area (Å²) in [6.45, 7) is 0.786. The lowest BCUT2D eigenvalue weighted by atomic mass is 10.1. The van der Waals surface area contributed by atoms with E-state index in [1.54, 1.807) is 36.4 Å². The number of ether oxygens (including phenoxy) is 1. The van der Waals surface area contributed by atoms with Gasteiger partial charge in [-0.25, -0.2) is 0 Å². The van der Waals surface area contributed by atoms with Crippen molar-refractivity contribution >= 4 is 40.6 Å². The van der Waals surface area contributed by atoms with Gasteiger partial charge in [0.25, 0.3) is 11.7 Å². The van der Waals surface area contributed by atoms with Crippen molar-refractivity contribution < 1.29 is 14.3 Å². The lowest BCUT2D eigenvalue weighted by Crippen LogP contribution is -2.31. The normalized spacial score (nSPS) is 13.4. The highest BCUT2D eigenvalue weighted by Gasteiger charge is 2.34. The van der Waals surface area contributed by atoms with Crippen LogP contribution in [0.2, 0.25) is 10.0 Å². The predicted octanol–water partition coefficient (Wildman–Crippen LogP) is 3.99. The molecule has 0 spiro atoms. The van der Waals surface area contributed by atoms with Crippen LogP contribution >= 0.6 is 23.2 Å². The Balaban J connectivity index is 1.59. The van der Waals surface area contributed by atoms with E-state index in [0.717, 1.165) is 0 Å². The molecule has 1 amide bonds. The molecule has 1 heterocycles. The fourth-order valence-electron chi connectivity index (χ4n) is 2.47. The SMILES string of the molecule is O=C1C(=O)N(CCCOc2ccc(Cl)cc2Cl)c2ccccc21. The van der Waals surface area contributed by atoms with E-state index in [0.29, 0.717) is 46.6 Å². The fraction of sp³-hybridized carbons (Fsp3) is 0.176. The highest BCUT2D eigenvalue weighted by Crippen LogP contribution is 2.29. The van der Waals surface area contributed by atoms with Gasteiger partial charge >= 0.3 is 0 Å². The van der Waals surface area contributed by atoms with Crippen LogP contribution in [0.5, 0.6) is 5.75 Å². The van der Waals surface area contributed by atoms with Crippen molar-refractivity contribution in [2.45, 2.75) is 6.42 Å². The molecule has 0 fully saturated rings. The molecule has 6 heteroatoms. The van der Waals surface area contributed by atoms with Crippen LogP contribution in [0.25, 0.3) is 0 Å². The maximum atomic E-state index is 12.0. The first-order valence-electron chi connectivity index (χ1n) is 7.11. The zero-order chi connectivity index (χ0) is 16.4. The number of amides is 1. The van der Waals surface area contributed by atoms with Crippen molar-refractivity contribution in [2.75, 3.05) is 18.1 Å². The number of carbonyl (C=O) groups is 2. The molecule has 1 aliphatic heterocycles. The average molecular weight is 350 g/mol. The molecule has 0 saturated carbocycles. The number of hydrogen-bond donors (Lipinski definition) is 0. The Morgan fingerprint density at radius 1 is 1.04 bits per heavy atom. The van der Waals surface area contributed by atoms with Crippen molar-refractivity contribution in [3.8, 4) is 5.75 Å². The third-order valence-corrected chi connectivity index (χ3v) is 4.09. The van der Waals surface area contributed by atoms with E-state index in [1.807, 2.05) is 6.07 Å². The first-order chi connectivity index (χ1) is 11.1. The van der Waals surface area contributed by atoms with E-state index in [9.17, 15) is 9.59 Å². The minimum atomic E-state index is -0.490. The summed E-state index contributed by atoms with van der Waals surface area (Å²) in [5.41, 5.74) is 1.12. The smallest absolute Gasteiger partial charge is 0.299 e. The third kappa shape index (κ3) is 3.19. The number of hydrogen-bond acceptors (Lipinski definition) is 3. The Morgan fingerprint density at radius 2 is 1.83 bits per heavy atom. The standard InChI is InChI=1S/C17H13Cl2NO3/c18-11-6-7-15(13(19)10-11)23-9-3-8-20-14-5-2-1-4-12(14)16(21)17(20)22/h1-2,4-7,10H,3,8-9H2. The van der Waals surface area contributed by atoms with Crippen LogP contribution in [0.1, 0.15) is 16.8 Å². The topological polar surface area (TPSA) is 46.6 Å². The molecule has 0 atom stereocenters. The summed E-state index contributed by atoms with van der Waals surface area (Å²) >= 11 is 11.9. The average Bonchev–Trinajstić information content (AvgIpc) is 2.78. The zero-order valence-electron chi connectivity index (χ0n) is 12.1. The number of benzene rings is 2. The maximum absolute atomic E-state index is 12.0. The zero-order valence-corrected chi connectivity index (χ0v) is 13.6. The summed E-state index contributed by atoms with van der Waals surface area (Å²) < 4.78 is 5.59. The van der Waals surface area contributed by atoms with Gasteiger partial charge in [0.15, 0.2) is 0 Å². The second kappa shape index (κ2) is 6.60. The van der Waals surface area contributed by atoms with Crippen LogP contribution in [0.4, 0.5) is 5.69 Å². The Morgan fingerprint density at radius 3 is 2.61 bits per heavy atom. The molecule has 118 valence electrons. The van der Waals surface area contributed by atoms with E-state index in [-0.39, 0.29) is 0 Å². The van der Waals surface area contributed by atoms with Gasteiger partial charge < -0.3 is 9.64 Å². The monoisotopic (exact) mass is 349 g/mol. The predicted molar refractivity (Wildman–Crippen MR) is 89.7 cm³/mol. The molecule has 0 radical (unpaired) electrons. The minimum Gasteiger partial charge on any atom is -0.492 e. The number of para-hydroxylation sites is 1. The Bertz CT molecular complexity index is 776. The number of ketones is 1. The van der Waals surface area contributed by atoms with Gasteiger partial charge in [0, 0.05) is 11.6 Å². The van der Waals surface area contributed by atoms with Gasteiger partial charge in [0.1, 0.15) is 5.75 Å². The maximum Gasteiger partial charge on any atom is 0.299 e. The molecule has 0 unspecified atom stereocenters. The summed E-state index contributed by atoms with van der Waals surface area (Å²) in [6.07, 6.45) is 0.576. The van der Waals surface area contributed by atoms with Gasteiger partial charge in [-0.3, -0.25) is 9.59 Å². The number of carbonyl (C=O) groups excluding carboxylic acids is 2. The summed E-state index contributed by atoms with van der Waals surface area (Å²) in [7, 11) is 0. The first-order valence-corrected chi connectivity index (χ1v) is 7.86. The fourth-order valence-corrected chi connectivity index (χ4v) is 2.93. The lowest BCUT2D eigenvalue weighted by Gasteiger charge is -2.16. The van der Waals surface area contributed by atoms with Crippen LogP contribution in [0.3, 0.4) is 0 Å². The van der Waals surface area contributed by atoms with E-state index >= 15 is 0 Å². The Kier molecular flexibility index (Phi) is 4.55. The summed E-state index contributed by atoms with van der Waals surface area (Å²) in [4.78, 5) is 25.4. The minimum absolute atomic E-state index is 0.376. The van der Waals surface area contributed by atoms with Crippen molar-refractivity contribution in [1.82, 2.24) is 0 Å². The number of nitrogens with zero attached hydrogens (tertiary/aromatic N) is 1. The molecule has 23 heavy (non-hydrogen) atoms. The molecule has 0 aliphatic carbocycles. The van der Waals surface area contributed by atoms with Crippen LogP contribution in [0, 0.1) is 0 Å². The van der Waals surface area contributed by atoms with Gasteiger partial charge in [0.2, 0.25) is 0 Å². The van der Waals surface area contributed by atoms with Gasteiger partial charge in [-0.1, -0.05) is 35.3 Å².